The number of hydrogen-bond acceptors (Lipinski definition) is 6. The minimum atomic E-state index is -0.898. The molecule has 0 aliphatic rings. The molecule has 0 aliphatic carbocycles. The van der Waals surface area contributed by atoms with Gasteiger partial charge in [-0.25, -0.2) is 0 Å². The molecule has 1 N–H and O–H groups in total. The summed E-state index contributed by atoms with van der Waals surface area (Å²) >= 11 is 1.28. The quantitative estimate of drug-likeness (QED) is 0.289. The number of para-hydroxylation sites is 1. The third-order valence-electron chi connectivity index (χ3n) is 5.93. The van der Waals surface area contributed by atoms with E-state index in [2.05, 4.69) is 15.5 Å². The molecular weight excluding hydrogens is 510 g/mol. The van der Waals surface area contributed by atoms with E-state index in [-0.39, 0.29) is 17.6 Å². The van der Waals surface area contributed by atoms with Crippen molar-refractivity contribution in [2.45, 2.75) is 37.5 Å². The van der Waals surface area contributed by atoms with Crippen molar-refractivity contribution in [2.75, 3.05) is 17.8 Å². The lowest BCUT2D eigenvalue weighted by molar-refractivity contribution is -0.127. The number of nitrogens with zero attached hydrogens (tertiary/aromatic N) is 4. The number of amides is 2. The molecule has 39 heavy (non-hydrogen) atoms. The minimum Gasteiger partial charge on any atom is -0.497 e. The number of thioether (sulfide) groups is 1. The molecule has 8 nitrogen and oxygen atoms in total. The summed E-state index contributed by atoms with van der Waals surface area (Å²) in [6, 6.07) is 25.3. The Morgan fingerprint density at radius 2 is 1.56 bits per heavy atom. The van der Waals surface area contributed by atoms with E-state index >= 15 is 0 Å². The van der Waals surface area contributed by atoms with Crippen LogP contribution in [0.3, 0.4) is 0 Å². The zero-order valence-corrected chi connectivity index (χ0v) is 23.6. The van der Waals surface area contributed by atoms with Crippen molar-refractivity contribution in [3.63, 3.8) is 0 Å². The lowest BCUT2D eigenvalue weighted by atomic mass is 10.0. The first-order valence-electron chi connectivity index (χ1n) is 12.6. The number of methoxy groups -OCH3 is 1. The van der Waals surface area contributed by atoms with Gasteiger partial charge in [-0.05, 0) is 50.6 Å². The molecule has 0 unspecified atom stereocenters. The Labute approximate surface area is 233 Å². The Bertz CT molecular complexity index is 1400. The van der Waals surface area contributed by atoms with Crippen LogP contribution in [0.4, 0.5) is 5.69 Å². The zero-order valence-electron chi connectivity index (χ0n) is 22.8. The van der Waals surface area contributed by atoms with Crippen LogP contribution in [-0.2, 0) is 16.6 Å². The highest BCUT2D eigenvalue weighted by molar-refractivity contribution is 7.99. The molecule has 0 saturated carbocycles. The van der Waals surface area contributed by atoms with E-state index in [4.69, 9.17) is 4.74 Å². The molecule has 9 heteroatoms. The van der Waals surface area contributed by atoms with Gasteiger partial charge >= 0.3 is 0 Å². The molecule has 0 radical (unpaired) electrons. The van der Waals surface area contributed by atoms with Gasteiger partial charge in [0.25, 0.3) is 0 Å². The molecule has 0 fully saturated rings. The monoisotopic (exact) mass is 543 g/mol. The minimum absolute atomic E-state index is 0.0606. The molecule has 2 amide bonds. The number of anilines is 1. The fourth-order valence-corrected chi connectivity index (χ4v) is 4.91. The van der Waals surface area contributed by atoms with Gasteiger partial charge in [-0.2, -0.15) is 0 Å². The largest absolute Gasteiger partial charge is 0.497 e. The molecule has 1 heterocycles. The number of carbonyl (C=O) groups is 2. The third kappa shape index (κ3) is 6.86. The van der Waals surface area contributed by atoms with E-state index < -0.39 is 11.6 Å². The van der Waals surface area contributed by atoms with Crippen molar-refractivity contribution in [1.82, 2.24) is 20.1 Å². The van der Waals surface area contributed by atoms with Gasteiger partial charge in [0.1, 0.15) is 11.8 Å². The van der Waals surface area contributed by atoms with E-state index in [9.17, 15) is 9.59 Å². The summed E-state index contributed by atoms with van der Waals surface area (Å²) in [5, 5.41) is 12.3. The predicted octanol–water partition coefficient (Wildman–Crippen LogP) is 5.27. The normalized spacial score (nSPS) is 12.0. The second kappa shape index (κ2) is 12.2. The van der Waals surface area contributed by atoms with Gasteiger partial charge in [-0.1, -0.05) is 72.4 Å². The van der Waals surface area contributed by atoms with Gasteiger partial charge < -0.3 is 14.6 Å². The number of benzene rings is 3. The van der Waals surface area contributed by atoms with Crippen LogP contribution in [0, 0.1) is 0 Å². The molecule has 4 aromatic rings. The summed E-state index contributed by atoms with van der Waals surface area (Å²) in [6.07, 6.45) is 0. The highest BCUT2D eigenvalue weighted by Crippen LogP contribution is 2.31. The molecule has 4 rings (SSSR count). The summed E-state index contributed by atoms with van der Waals surface area (Å²) in [5.41, 5.74) is 1.74. The average molecular weight is 544 g/mol. The van der Waals surface area contributed by atoms with Gasteiger partial charge in [0.05, 0.1) is 12.9 Å². The molecular formula is C30H33N5O3S. The number of nitrogens with one attached hydrogen (secondary N) is 1. The average Bonchev–Trinajstić information content (AvgIpc) is 3.30. The molecule has 0 bridgehead atoms. The van der Waals surface area contributed by atoms with E-state index in [1.54, 1.807) is 24.1 Å². The maximum Gasteiger partial charge on any atom is 0.248 e. The molecule has 1 aromatic heterocycles. The van der Waals surface area contributed by atoms with Crippen molar-refractivity contribution in [1.29, 1.82) is 0 Å². The molecule has 1 atom stereocenters. The number of aromatic nitrogens is 3. The number of ether oxygens (including phenoxy) is 1. The van der Waals surface area contributed by atoms with E-state index in [0.717, 1.165) is 5.56 Å². The van der Waals surface area contributed by atoms with Gasteiger partial charge in [-0.15, -0.1) is 10.2 Å². The lowest BCUT2D eigenvalue weighted by Gasteiger charge is -2.33. The number of carbonyl (C=O) groups excluding carboxylic acids is 2. The molecule has 0 aliphatic heterocycles. The molecule has 202 valence electrons. The van der Waals surface area contributed by atoms with Gasteiger partial charge in [0.2, 0.25) is 11.8 Å². The summed E-state index contributed by atoms with van der Waals surface area (Å²) < 4.78 is 7.18. The van der Waals surface area contributed by atoms with Gasteiger partial charge in [0, 0.05) is 23.8 Å². The first-order chi connectivity index (χ1) is 18.7. The van der Waals surface area contributed by atoms with Gasteiger partial charge in [0.15, 0.2) is 11.0 Å². The first-order valence-corrected chi connectivity index (χ1v) is 13.6. The maximum absolute atomic E-state index is 14.0. The topological polar surface area (TPSA) is 89.3 Å². The fourth-order valence-electron chi connectivity index (χ4n) is 4.14. The molecule has 0 saturated heterocycles. The van der Waals surface area contributed by atoms with Crippen LogP contribution in [0.15, 0.2) is 90.1 Å². The Morgan fingerprint density at radius 3 is 2.15 bits per heavy atom. The van der Waals surface area contributed by atoms with Gasteiger partial charge in [-0.3, -0.25) is 14.5 Å². The highest BCUT2D eigenvalue weighted by Gasteiger charge is 2.34. The lowest BCUT2D eigenvalue weighted by Crippen LogP contribution is -2.50. The standard InChI is InChI=1S/C30H33N5O3S/c1-30(2,3)31-28(37)26(21-16-18-24(38-5)19-17-21)35(23-14-10-7-11-15-23)25(36)20-39-29-33-32-27(34(29)4)22-12-8-6-9-13-22/h6-19,26H,20H2,1-5H3,(H,31,37)/t26-/m0/s1. The van der Waals surface area contributed by atoms with E-state index in [1.807, 2.05) is 105 Å². The third-order valence-corrected chi connectivity index (χ3v) is 6.94. The second-order valence-corrected chi connectivity index (χ2v) is 11.0. The Morgan fingerprint density at radius 1 is 0.949 bits per heavy atom. The molecule has 3 aromatic carbocycles. The highest BCUT2D eigenvalue weighted by atomic mass is 32.2. The van der Waals surface area contributed by atoms with Crippen molar-refractivity contribution < 1.29 is 14.3 Å². The first kappa shape index (κ1) is 27.9. The van der Waals surface area contributed by atoms with E-state index in [0.29, 0.717) is 28.0 Å². The predicted molar refractivity (Wildman–Crippen MR) is 155 cm³/mol. The summed E-state index contributed by atoms with van der Waals surface area (Å²) in [6.45, 7) is 5.75. The van der Waals surface area contributed by atoms with Crippen LogP contribution in [0.1, 0.15) is 32.4 Å². The summed E-state index contributed by atoms with van der Waals surface area (Å²) in [7, 11) is 3.46. The maximum atomic E-state index is 14.0. The fraction of sp³-hybridized carbons (Fsp3) is 0.267. The number of rotatable bonds is 9. The molecule has 0 spiro atoms. The van der Waals surface area contributed by atoms with Crippen LogP contribution in [-0.4, -0.2) is 45.0 Å². The van der Waals surface area contributed by atoms with Crippen LogP contribution >= 0.6 is 11.8 Å². The smallest absolute Gasteiger partial charge is 0.248 e. The van der Waals surface area contributed by atoms with Crippen molar-refractivity contribution in [2.24, 2.45) is 7.05 Å². The van der Waals surface area contributed by atoms with Crippen LogP contribution in [0.5, 0.6) is 5.75 Å². The van der Waals surface area contributed by atoms with Crippen LogP contribution in [0.25, 0.3) is 11.4 Å². The van der Waals surface area contributed by atoms with Crippen molar-refractivity contribution in [3.05, 3.63) is 90.5 Å². The van der Waals surface area contributed by atoms with Crippen LogP contribution < -0.4 is 15.0 Å². The SMILES string of the molecule is COc1ccc([C@@H](C(=O)NC(C)(C)C)N(C(=O)CSc2nnc(-c3ccccc3)n2C)c2ccccc2)cc1. The van der Waals surface area contributed by atoms with Crippen LogP contribution in [0.2, 0.25) is 0 Å². The van der Waals surface area contributed by atoms with E-state index in [1.165, 1.54) is 11.8 Å². The second-order valence-electron chi connectivity index (χ2n) is 10.0. The summed E-state index contributed by atoms with van der Waals surface area (Å²) in [5.74, 6) is 0.926. The van der Waals surface area contributed by atoms with Crippen molar-refractivity contribution >= 4 is 29.3 Å². The number of hydrogen-bond donors (Lipinski definition) is 1. The van der Waals surface area contributed by atoms with Crippen molar-refractivity contribution in [3.8, 4) is 17.1 Å². The summed E-state index contributed by atoms with van der Waals surface area (Å²) in [4.78, 5) is 29.3. The zero-order chi connectivity index (χ0) is 28.0. The Kier molecular flexibility index (Phi) is 8.71. The Hall–Kier alpha value is -4.11. The Balaban J connectivity index is 1.67.